The van der Waals surface area contributed by atoms with Crippen molar-refractivity contribution >= 4 is 0 Å². The fourth-order valence-electron chi connectivity index (χ4n) is 2.10. The summed E-state index contributed by atoms with van der Waals surface area (Å²) in [6.07, 6.45) is 2.75. The maximum absolute atomic E-state index is 9.15. The third-order valence-corrected chi connectivity index (χ3v) is 3.12. The standard InChI is InChI=1S/C12H14N2/c1-14-12(9-13)7-6-10-4-2-3-5-11(10)8-12/h2-5,14H,6-8H2,1H3/t12-/m0/s1. The van der Waals surface area contributed by atoms with Gasteiger partial charge in [-0.3, -0.25) is 0 Å². The summed E-state index contributed by atoms with van der Waals surface area (Å²) < 4.78 is 0. The first kappa shape index (κ1) is 9.23. The summed E-state index contributed by atoms with van der Waals surface area (Å²) in [6.45, 7) is 0. The molecule has 72 valence electrons. The van der Waals surface area contributed by atoms with Crippen molar-refractivity contribution in [3.8, 4) is 6.07 Å². The normalized spacial score (nSPS) is 25.1. The highest BCUT2D eigenvalue weighted by Gasteiger charge is 2.32. The second-order valence-electron chi connectivity index (χ2n) is 3.89. The smallest absolute Gasteiger partial charge is 0.110 e. The highest BCUT2D eigenvalue weighted by atomic mass is 14.9. The van der Waals surface area contributed by atoms with Crippen LogP contribution in [0.5, 0.6) is 0 Å². The van der Waals surface area contributed by atoms with Gasteiger partial charge in [-0.2, -0.15) is 5.26 Å². The summed E-state index contributed by atoms with van der Waals surface area (Å²) >= 11 is 0. The predicted molar refractivity (Wildman–Crippen MR) is 55.9 cm³/mol. The molecule has 0 heterocycles. The second kappa shape index (κ2) is 3.43. The number of nitrogens with one attached hydrogen (secondary N) is 1. The molecule has 0 aromatic heterocycles. The largest absolute Gasteiger partial charge is 0.302 e. The van der Waals surface area contributed by atoms with Crippen LogP contribution in [-0.2, 0) is 12.8 Å². The van der Waals surface area contributed by atoms with E-state index in [1.807, 2.05) is 13.1 Å². The summed E-state index contributed by atoms with van der Waals surface area (Å²) in [5.41, 5.74) is 2.37. The predicted octanol–water partition coefficient (Wildman–Crippen LogP) is 1.66. The van der Waals surface area contributed by atoms with E-state index in [1.54, 1.807) is 0 Å². The Labute approximate surface area is 84.6 Å². The van der Waals surface area contributed by atoms with Gasteiger partial charge in [-0.05, 0) is 31.0 Å². The Hall–Kier alpha value is -1.33. The number of rotatable bonds is 1. The van der Waals surface area contributed by atoms with Crippen LogP contribution in [0, 0.1) is 11.3 Å². The number of aryl methyl sites for hydroxylation is 1. The fraction of sp³-hybridized carbons (Fsp3) is 0.417. The molecule has 0 aliphatic heterocycles. The van der Waals surface area contributed by atoms with Gasteiger partial charge in [-0.25, -0.2) is 0 Å². The van der Waals surface area contributed by atoms with E-state index in [2.05, 4.69) is 29.6 Å². The molecule has 0 spiro atoms. The van der Waals surface area contributed by atoms with E-state index < -0.39 is 0 Å². The van der Waals surface area contributed by atoms with Gasteiger partial charge in [0.1, 0.15) is 5.54 Å². The third-order valence-electron chi connectivity index (χ3n) is 3.12. The minimum absolute atomic E-state index is 0.339. The average molecular weight is 186 g/mol. The minimum atomic E-state index is -0.339. The van der Waals surface area contributed by atoms with Crippen LogP contribution in [0.2, 0.25) is 0 Å². The molecule has 0 radical (unpaired) electrons. The first-order chi connectivity index (χ1) is 6.79. The van der Waals surface area contributed by atoms with E-state index >= 15 is 0 Å². The molecule has 1 aromatic carbocycles. The highest BCUT2D eigenvalue weighted by molar-refractivity contribution is 5.34. The van der Waals surface area contributed by atoms with Crippen LogP contribution in [0.25, 0.3) is 0 Å². The SMILES string of the molecule is CN[C@@]1(C#N)CCc2ccccc2C1. The maximum atomic E-state index is 9.15. The molecule has 1 N–H and O–H groups in total. The van der Waals surface area contributed by atoms with Crippen LogP contribution in [0.4, 0.5) is 0 Å². The number of hydrogen-bond donors (Lipinski definition) is 1. The van der Waals surface area contributed by atoms with Crippen LogP contribution in [0.15, 0.2) is 24.3 Å². The van der Waals surface area contributed by atoms with Crippen molar-refractivity contribution in [1.82, 2.24) is 5.32 Å². The third kappa shape index (κ3) is 1.40. The molecular weight excluding hydrogens is 172 g/mol. The number of hydrogen-bond acceptors (Lipinski definition) is 2. The van der Waals surface area contributed by atoms with E-state index in [0.717, 1.165) is 19.3 Å². The first-order valence-corrected chi connectivity index (χ1v) is 4.97. The summed E-state index contributed by atoms with van der Waals surface area (Å²) in [6, 6.07) is 10.8. The van der Waals surface area contributed by atoms with Gasteiger partial charge in [0, 0.05) is 6.42 Å². The number of likely N-dealkylation sites (N-methyl/N-ethyl adjacent to an activating group) is 1. The second-order valence-corrected chi connectivity index (χ2v) is 3.89. The molecular formula is C12H14N2. The molecule has 2 heteroatoms. The van der Waals surface area contributed by atoms with Gasteiger partial charge in [-0.1, -0.05) is 24.3 Å². The van der Waals surface area contributed by atoms with Crippen molar-refractivity contribution in [2.24, 2.45) is 0 Å². The summed E-state index contributed by atoms with van der Waals surface area (Å²) in [5.74, 6) is 0. The zero-order valence-corrected chi connectivity index (χ0v) is 8.38. The summed E-state index contributed by atoms with van der Waals surface area (Å²) in [7, 11) is 1.87. The van der Waals surface area contributed by atoms with Gasteiger partial charge in [0.2, 0.25) is 0 Å². The van der Waals surface area contributed by atoms with Crippen LogP contribution in [-0.4, -0.2) is 12.6 Å². The van der Waals surface area contributed by atoms with E-state index in [1.165, 1.54) is 11.1 Å². The number of fused-ring (bicyclic) bond motifs is 1. The van der Waals surface area contributed by atoms with Crippen LogP contribution < -0.4 is 5.32 Å². The Morgan fingerprint density at radius 2 is 2.07 bits per heavy atom. The average Bonchev–Trinajstić information content (AvgIpc) is 2.28. The molecule has 0 bridgehead atoms. The number of nitriles is 1. The Morgan fingerprint density at radius 3 is 2.71 bits per heavy atom. The van der Waals surface area contributed by atoms with Crippen LogP contribution >= 0.6 is 0 Å². The van der Waals surface area contributed by atoms with E-state index in [-0.39, 0.29) is 5.54 Å². The number of nitrogens with zero attached hydrogens (tertiary/aromatic N) is 1. The lowest BCUT2D eigenvalue weighted by Crippen LogP contribution is -2.46. The van der Waals surface area contributed by atoms with Crippen molar-refractivity contribution < 1.29 is 0 Å². The highest BCUT2D eigenvalue weighted by Crippen LogP contribution is 2.27. The summed E-state index contributed by atoms with van der Waals surface area (Å²) in [4.78, 5) is 0. The zero-order chi connectivity index (χ0) is 10.0. The molecule has 1 aliphatic rings. The van der Waals surface area contributed by atoms with Crippen molar-refractivity contribution in [2.75, 3.05) is 7.05 Å². The Bertz CT molecular complexity index is 378. The molecule has 0 saturated carbocycles. The van der Waals surface area contributed by atoms with Gasteiger partial charge < -0.3 is 5.32 Å². The maximum Gasteiger partial charge on any atom is 0.110 e. The molecule has 1 aliphatic carbocycles. The quantitative estimate of drug-likeness (QED) is 0.724. The molecule has 2 nitrogen and oxygen atoms in total. The van der Waals surface area contributed by atoms with Crippen molar-refractivity contribution in [3.05, 3.63) is 35.4 Å². The lowest BCUT2D eigenvalue weighted by atomic mass is 9.79. The zero-order valence-electron chi connectivity index (χ0n) is 8.38. The molecule has 1 aromatic rings. The van der Waals surface area contributed by atoms with Gasteiger partial charge in [0.15, 0.2) is 0 Å². The van der Waals surface area contributed by atoms with Gasteiger partial charge in [-0.15, -0.1) is 0 Å². The number of benzene rings is 1. The van der Waals surface area contributed by atoms with Gasteiger partial charge >= 0.3 is 0 Å². The minimum Gasteiger partial charge on any atom is -0.302 e. The van der Waals surface area contributed by atoms with Crippen molar-refractivity contribution in [2.45, 2.75) is 24.8 Å². The molecule has 0 amide bonds. The molecule has 0 saturated heterocycles. The van der Waals surface area contributed by atoms with Gasteiger partial charge in [0.05, 0.1) is 6.07 Å². The van der Waals surface area contributed by atoms with Gasteiger partial charge in [0.25, 0.3) is 0 Å². The molecule has 2 rings (SSSR count). The molecule has 14 heavy (non-hydrogen) atoms. The summed E-state index contributed by atoms with van der Waals surface area (Å²) in [5, 5.41) is 12.3. The van der Waals surface area contributed by atoms with E-state index in [9.17, 15) is 0 Å². The van der Waals surface area contributed by atoms with Crippen molar-refractivity contribution in [3.63, 3.8) is 0 Å². The molecule has 0 unspecified atom stereocenters. The molecule has 1 atom stereocenters. The Morgan fingerprint density at radius 1 is 1.36 bits per heavy atom. The topological polar surface area (TPSA) is 35.8 Å². The van der Waals surface area contributed by atoms with Crippen molar-refractivity contribution in [1.29, 1.82) is 5.26 Å². The van der Waals surface area contributed by atoms with E-state index in [0.29, 0.717) is 0 Å². The molecule has 0 fully saturated rings. The van der Waals surface area contributed by atoms with E-state index in [4.69, 9.17) is 5.26 Å². The Kier molecular flexibility index (Phi) is 2.26. The van der Waals surface area contributed by atoms with Crippen LogP contribution in [0.3, 0.4) is 0 Å². The lowest BCUT2D eigenvalue weighted by molar-refractivity contribution is 0.395. The monoisotopic (exact) mass is 186 g/mol. The fourth-order valence-corrected chi connectivity index (χ4v) is 2.10. The van der Waals surface area contributed by atoms with Crippen LogP contribution in [0.1, 0.15) is 17.5 Å². The first-order valence-electron chi connectivity index (χ1n) is 4.97. The Balaban J connectivity index is 2.34. The lowest BCUT2D eigenvalue weighted by Gasteiger charge is -2.31.